The lowest BCUT2D eigenvalue weighted by Crippen LogP contribution is -2.00. The van der Waals surface area contributed by atoms with Crippen molar-refractivity contribution in [2.75, 3.05) is 7.11 Å². The van der Waals surface area contributed by atoms with Crippen LogP contribution in [0.2, 0.25) is 10.0 Å². The van der Waals surface area contributed by atoms with E-state index in [9.17, 15) is 0 Å². The van der Waals surface area contributed by atoms with Crippen LogP contribution in [0.15, 0.2) is 96.0 Å². The number of hydrogen-bond acceptors (Lipinski definition) is 4. The Hall–Kier alpha value is -3.47. The first-order chi connectivity index (χ1) is 16.1. The van der Waals surface area contributed by atoms with Gasteiger partial charge in [0, 0.05) is 16.8 Å². The number of halogens is 2. The molecular formula is C27H21Cl2NO3. The smallest absolute Gasteiger partial charge is 0.180 e. The highest BCUT2D eigenvalue weighted by Crippen LogP contribution is 2.37. The van der Waals surface area contributed by atoms with Gasteiger partial charge in [-0.25, -0.2) is 0 Å². The Balaban J connectivity index is 1.45. The van der Waals surface area contributed by atoms with Crippen LogP contribution in [0.4, 0.5) is 5.69 Å². The predicted octanol–water partition coefficient (Wildman–Crippen LogP) is 8.12. The SMILES string of the molecule is COc1cc(C=Nc2ccc(Oc3ccccc3)cc2)cc(Cl)c1OCc1ccccc1Cl. The molecule has 166 valence electrons. The Bertz CT molecular complexity index is 1240. The van der Waals surface area contributed by atoms with Crippen LogP contribution in [0.25, 0.3) is 0 Å². The number of nitrogens with zero attached hydrogens (tertiary/aromatic N) is 1. The van der Waals surface area contributed by atoms with Crippen LogP contribution in [0.5, 0.6) is 23.0 Å². The first-order valence-electron chi connectivity index (χ1n) is 10.2. The molecule has 0 aliphatic heterocycles. The lowest BCUT2D eigenvalue weighted by Gasteiger charge is -2.14. The third-order valence-electron chi connectivity index (χ3n) is 4.76. The highest BCUT2D eigenvalue weighted by atomic mass is 35.5. The summed E-state index contributed by atoms with van der Waals surface area (Å²) >= 11 is 12.7. The van der Waals surface area contributed by atoms with Crippen LogP contribution in [-0.4, -0.2) is 13.3 Å². The predicted molar refractivity (Wildman–Crippen MR) is 134 cm³/mol. The third kappa shape index (κ3) is 6.07. The summed E-state index contributed by atoms with van der Waals surface area (Å²) in [5.41, 5.74) is 2.43. The molecule has 4 rings (SSSR count). The minimum absolute atomic E-state index is 0.278. The zero-order valence-corrected chi connectivity index (χ0v) is 19.4. The largest absolute Gasteiger partial charge is 0.493 e. The fraction of sp³-hybridized carbons (Fsp3) is 0.0741. The van der Waals surface area contributed by atoms with E-state index in [0.717, 1.165) is 28.3 Å². The van der Waals surface area contributed by atoms with Crippen molar-refractivity contribution in [3.05, 3.63) is 112 Å². The third-order valence-corrected chi connectivity index (χ3v) is 5.41. The lowest BCUT2D eigenvalue weighted by atomic mass is 10.2. The zero-order valence-electron chi connectivity index (χ0n) is 17.9. The molecule has 0 spiro atoms. The lowest BCUT2D eigenvalue weighted by molar-refractivity contribution is 0.285. The van der Waals surface area contributed by atoms with Gasteiger partial charge in [0.2, 0.25) is 0 Å². The van der Waals surface area contributed by atoms with E-state index < -0.39 is 0 Å². The highest BCUT2D eigenvalue weighted by Gasteiger charge is 2.12. The first-order valence-corrected chi connectivity index (χ1v) is 11.0. The standard InChI is InChI=1S/C27H21Cl2NO3/c1-31-26-16-19(15-25(29)27(26)32-18-20-7-5-6-10-24(20)28)17-30-21-11-13-23(14-12-21)33-22-8-3-2-4-9-22/h2-17H,18H2,1H3. The van der Waals surface area contributed by atoms with Crippen molar-refractivity contribution < 1.29 is 14.2 Å². The van der Waals surface area contributed by atoms with E-state index in [0.29, 0.717) is 21.5 Å². The fourth-order valence-corrected chi connectivity index (χ4v) is 3.56. The van der Waals surface area contributed by atoms with E-state index in [1.54, 1.807) is 19.4 Å². The van der Waals surface area contributed by atoms with Crippen LogP contribution in [0, 0.1) is 0 Å². The molecule has 0 aromatic heterocycles. The van der Waals surface area contributed by atoms with Crippen molar-refractivity contribution in [3.63, 3.8) is 0 Å². The van der Waals surface area contributed by atoms with Crippen LogP contribution < -0.4 is 14.2 Å². The number of aliphatic imine (C=N–C) groups is 1. The Morgan fingerprint density at radius 3 is 2.21 bits per heavy atom. The summed E-state index contributed by atoms with van der Waals surface area (Å²) in [6.07, 6.45) is 1.72. The fourth-order valence-electron chi connectivity index (χ4n) is 3.09. The van der Waals surface area contributed by atoms with E-state index in [1.807, 2.05) is 84.9 Å². The second kappa shape index (κ2) is 10.9. The van der Waals surface area contributed by atoms with Crippen LogP contribution >= 0.6 is 23.2 Å². The molecule has 6 heteroatoms. The molecule has 0 aliphatic carbocycles. The van der Waals surface area contributed by atoms with E-state index in [-0.39, 0.29) is 6.61 Å². The number of ether oxygens (including phenoxy) is 3. The molecule has 0 radical (unpaired) electrons. The molecule has 0 saturated heterocycles. The molecular weight excluding hydrogens is 457 g/mol. The summed E-state index contributed by atoms with van der Waals surface area (Å²) in [7, 11) is 1.57. The van der Waals surface area contributed by atoms with E-state index in [2.05, 4.69) is 4.99 Å². The summed E-state index contributed by atoms with van der Waals surface area (Å²) < 4.78 is 17.2. The average Bonchev–Trinajstić information content (AvgIpc) is 2.84. The monoisotopic (exact) mass is 477 g/mol. The second-order valence-corrected chi connectivity index (χ2v) is 7.90. The van der Waals surface area contributed by atoms with Gasteiger partial charge in [-0.3, -0.25) is 4.99 Å². The molecule has 4 aromatic carbocycles. The summed E-state index contributed by atoms with van der Waals surface area (Å²) in [6.45, 7) is 0.278. The Kier molecular flexibility index (Phi) is 7.51. The summed E-state index contributed by atoms with van der Waals surface area (Å²) in [5.74, 6) is 2.50. The number of hydrogen-bond donors (Lipinski definition) is 0. The highest BCUT2D eigenvalue weighted by molar-refractivity contribution is 6.32. The van der Waals surface area contributed by atoms with Gasteiger partial charge in [0.25, 0.3) is 0 Å². The molecule has 0 amide bonds. The number of rotatable bonds is 8. The van der Waals surface area contributed by atoms with Crippen molar-refractivity contribution in [2.45, 2.75) is 6.61 Å². The van der Waals surface area contributed by atoms with Gasteiger partial charge in [0.1, 0.15) is 18.1 Å². The van der Waals surface area contributed by atoms with Gasteiger partial charge >= 0.3 is 0 Å². The van der Waals surface area contributed by atoms with Gasteiger partial charge in [-0.05, 0) is 60.2 Å². The molecule has 0 heterocycles. The Morgan fingerprint density at radius 1 is 0.788 bits per heavy atom. The van der Waals surface area contributed by atoms with Crippen molar-refractivity contribution in [1.29, 1.82) is 0 Å². The van der Waals surface area contributed by atoms with Crippen molar-refractivity contribution in [2.24, 2.45) is 4.99 Å². The number of benzene rings is 4. The topological polar surface area (TPSA) is 40.0 Å². The Morgan fingerprint density at radius 2 is 1.48 bits per heavy atom. The summed E-state index contributed by atoms with van der Waals surface area (Å²) in [4.78, 5) is 4.52. The zero-order chi connectivity index (χ0) is 23.0. The Labute approximate surface area is 203 Å². The molecule has 0 saturated carbocycles. The van der Waals surface area contributed by atoms with Crippen LogP contribution in [-0.2, 0) is 6.61 Å². The quantitative estimate of drug-likeness (QED) is 0.240. The maximum Gasteiger partial charge on any atom is 0.180 e. The molecule has 4 nitrogen and oxygen atoms in total. The normalized spacial score (nSPS) is 10.9. The molecule has 0 bridgehead atoms. The minimum Gasteiger partial charge on any atom is -0.493 e. The van der Waals surface area contributed by atoms with Crippen molar-refractivity contribution in [3.8, 4) is 23.0 Å². The second-order valence-electron chi connectivity index (χ2n) is 7.08. The maximum atomic E-state index is 6.48. The van der Waals surface area contributed by atoms with Gasteiger partial charge in [0.05, 0.1) is 17.8 Å². The number of para-hydroxylation sites is 1. The molecule has 0 unspecified atom stereocenters. The summed E-state index contributed by atoms with van der Waals surface area (Å²) in [6, 6.07) is 28.2. The molecule has 0 fully saturated rings. The van der Waals surface area contributed by atoms with E-state index >= 15 is 0 Å². The van der Waals surface area contributed by atoms with Gasteiger partial charge in [-0.1, -0.05) is 59.6 Å². The molecule has 33 heavy (non-hydrogen) atoms. The van der Waals surface area contributed by atoms with Crippen LogP contribution in [0.3, 0.4) is 0 Å². The molecule has 0 N–H and O–H groups in total. The molecule has 0 aliphatic rings. The molecule has 4 aromatic rings. The minimum atomic E-state index is 0.278. The number of methoxy groups -OCH3 is 1. The van der Waals surface area contributed by atoms with Crippen LogP contribution in [0.1, 0.15) is 11.1 Å². The van der Waals surface area contributed by atoms with Gasteiger partial charge in [0.15, 0.2) is 11.5 Å². The molecule has 0 atom stereocenters. The van der Waals surface area contributed by atoms with Gasteiger partial charge < -0.3 is 14.2 Å². The van der Waals surface area contributed by atoms with Gasteiger partial charge in [-0.2, -0.15) is 0 Å². The first kappa shape index (κ1) is 22.7. The van der Waals surface area contributed by atoms with E-state index in [1.165, 1.54) is 0 Å². The summed E-state index contributed by atoms with van der Waals surface area (Å²) in [5, 5.41) is 1.06. The van der Waals surface area contributed by atoms with E-state index in [4.69, 9.17) is 37.4 Å². The maximum absolute atomic E-state index is 6.48. The van der Waals surface area contributed by atoms with Gasteiger partial charge in [-0.15, -0.1) is 0 Å². The van der Waals surface area contributed by atoms with Crippen molar-refractivity contribution >= 4 is 35.1 Å². The van der Waals surface area contributed by atoms with Crippen molar-refractivity contribution in [1.82, 2.24) is 0 Å². The average molecular weight is 478 g/mol.